The van der Waals surface area contributed by atoms with Crippen LogP contribution in [0.3, 0.4) is 0 Å². The van der Waals surface area contributed by atoms with Gasteiger partial charge in [-0.25, -0.2) is 0 Å². The molecule has 0 aromatic heterocycles. The van der Waals surface area contributed by atoms with Crippen LogP contribution in [-0.4, -0.2) is 5.57 Å². The number of halogens is 1. The SMILES string of the molecule is C=C[Si](I)(C=C)C(C)(C)C. The Kier molecular flexibility index (Phi) is 3.35. The molecular weight excluding hydrogens is 251 g/mol. The topological polar surface area (TPSA) is 0 Å². The summed E-state index contributed by atoms with van der Waals surface area (Å²) in [4.78, 5) is 0. The van der Waals surface area contributed by atoms with E-state index < -0.39 is 5.57 Å². The number of hydrogen-bond donors (Lipinski definition) is 0. The summed E-state index contributed by atoms with van der Waals surface area (Å²) in [7, 11) is 0. The molecule has 58 valence electrons. The Hall–Kier alpha value is 0.427. The van der Waals surface area contributed by atoms with Crippen molar-refractivity contribution in [3.63, 3.8) is 0 Å². The standard InChI is InChI=1S/C8H15ISi/c1-6-10(9,7-2)8(3,4)5/h6-7H,1-2H2,3-5H3. The normalized spacial score (nSPS) is 12.8. The monoisotopic (exact) mass is 266 g/mol. The van der Waals surface area contributed by atoms with Gasteiger partial charge >= 0.3 is 0 Å². The van der Waals surface area contributed by atoms with Crippen molar-refractivity contribution in [1.29, 1.82) is 0 Å². The summed E-state index contributed by atoms with van der Waals surface area (Å²) in [5, 5.41) is 0.344. The molecule has 0 radical (unpaired) electrons. The fourth-order valence-corrected chi connectivity index (χ4v) is 2.09. The summed E-state index contributed by atoms with van der Waals surface area (Å²) in [5.74, 6) is 0. The lowest BCUT2D eigenvalue weighted by Crippen LogP contribution is -2.32. The predicted molar refractivity (Wildman–Crippen MR) is 59.9 cm³/mol. The van der Waals surface area contributed by atoms with Crippen LogP contribution < -0.4 is 0 Å². The average Bonchev–Trinajstić information content (AvgIpc) is 1.84. The third-order valence-electron chi connectivity index (χ3n) is 1.74. The van der Waals surface area contributed by atoms with Gasteiger partial charge in [-0.05, 0) is 5.04 Å². The van der Waals surface area contributed by atoms with Crippen LogP contribution >= 0.6 is 21.8 Å². The van der Waals surface area contributed by atoms with Crippen LogP contribution in [0.4, 0.5) is 0 Å². The molecule has 0 bridgehead atoms. The van der Waals surface area contributed by atoms with E-state index in [1.54, 1.807) is 0 Å². The van der Waals surface area contributed by atoms with E-state index in [4.69, 9.17) is 0 Å². The molecule has 0 heterocycles. The zero-order valence-electron chi connectivity index (χ0n) is 6.95. The molecule has 2 heteroatoms. The summed E-state index contributed by atoms with van der Waals surface area (Å²) >= 11 is 2.51. The van der Waals surface area contributed by atoms with Gasteiger partial charge in [-0.1, -0.05) is 32.2 Å². The van der Waals surface area contributed by atoms with E-state index in [-0.39, 0.29) is 0 Å². The van der Waals surface area contributed by atoms with E-state index in [0.717, 1.165) is 0 Å². The van der Waals surface area contributed by atoms with E-state index in [9.17, 15) is 0 Å². The molecule has 0 aliphatic heterocycles. The maximum absolute atomic E-state index is 3.85. The van der Waals surface area contributed by atoms with Crippen molar-refractivity contribution in [2.24, 2.45) is 0 Å². The van der Waals surface area contributed by atoms with E-state index in [0.29, 0.717) is 5.04 Å². The van der Waals surface area contributed by atoms with Crippen molar-refractivity contribution < 1.29 is 0 Å². The van der Waals surface area contributed by atoms with E-state index in [1.807, 2.05) is 0 Å². The molecule has 0 amide bonds. The van der Waals surface area contributed by atoms with Crippen molar-refractivity contribution in [1.82, 2.24) is 0 Å². The van der Waals surface area contributed by atoms with E-state index in [1.165, 1.54) is 0 Å². The van der Waals surface area contributed by atoms with Crippen molar-refractivity contribution >= 4 is 27.4 Å². The Morgan fingerprint density at radius 1 is 1.20 bits per heavy atom. The summed E-state index contributed by atoms with van der Waals surface area (Å²) in [6.07, 6.45) is 0. The summed E-state index contributed by atoms with van der Waals surface area (Å²) in [6.45, 7) is 14.4. The Morgan fingerprint density at radius 3 is 1.50 bits per heavy atom. The first-order valence-corrected chi connectivity index (χ1v) is 8.60. The zero-order chi connectivity index (χ0) is 8.41. The van der Waals surface area contributed by atoms with Gasteiger partial charge in [0.25, 0.3) is 0 Å². The fraction of sp³-hybridized carbons (Fsp3) is 0.500. The summed E-state index contributed by atoms with van der Waals surface area (Å²) < 4.78 is 0. The second kappa shape index (κ2) is 3.22. The second-order valence-corrected chi connectivity index (χ2v) is 12.6. The molecule has 0 N–H and O–H groups in total. The van der Waals surface area contributed by atoms with Crippen LogP contribution in [-0.2, 0) is 0 Å². The number of hydrogen-bond acceptors (Lipinski definition) is 0. The fourth-order valence-electron chi connectivity index (χ4n) is 0.696. The highest BCUT2D eigenvalue weighted by atomic mass is 127. The molecule has 0 aliphatic carbocycles. The smallest absolute Gasteiger partial charge is 0.107 e. The zero-order valence-corrected chi connectivity index (χ0v) is 10.1. The lowest BCUT2D eigenvalue weighted by Gasteiger charge is -2.32. The van der Waals surface area contributed by atoms with Crippen LogP contribution in [0, 0.1) is 0 Å². The van der Waals surface area contributed by atoms with Gasteiger partial charge in [0.05, 0.1) is 0 Å². The van der Waals surface area contributed by atoms with Crippen LogP contribution in [0.2, 0.25) is 5.04 Å². The summed E-state index contributed by atoms with van der Waals surface area (Å²) in [6, 6.07) is 0. The molecule has 10 heavy (non-hydrogen) atoms. The molecule has 0 aliphatic rings. The Labute approximate surface area is 77.6 Å². The minimum Gasteiger partial charge on any atom is -0.107 e. The quantitative estimate of drug-likeness (QED) is 0.407. The molecule has 0 atom stereocenters. The molecule has 0 spiro atoms. The first-order chi connectivity index (χ1) is 4.37. The molecule has 0 saturated carbocycles. The lowest BCUT2D eigenvalue weighted by molar-refractivity contribution is 0.747. The highest BCUT2D eigenvalue weighted by Gasteiger charge is 2.36. The molecule has 0 nitrogen and oxygen atoms in total. The van der Waals surface area contributed by atoms with Crippen molar-refractivity contribution in [2.45, 2.75) is 25.8 Å². The average molecular weight is 266 g/mol. The van der Waals surface area contributed by atoms with Gasteiger partial charge in [0.2, 0.25) is 0 Å². The van der Waals surface area contributed by atoms with Crippen LogP contribution in [0.5, 0.6) is 0 Å². The van der Waals surface area contributed by atoms with E-state index >= 15 is 0 Å². The Bertz CT molecular complexity index is 136. The van der Waals surface area contributed by atoms with Gasteiger partial charge in [0.1, 0.15) is 0 Å². The minimum absolute atomic E-state index is 0.344. The molecular formula is C8H15ISi. The lowest BCUT2D eigenvalue weighted by atomic mass is 10.2. The second-order valence-electron chi connectivity index (χ2n) is 3.43. The largest absolute Gasteiger partial charge is 0.176 e. The van der Waals surface area contributed by atoms with Gasteiger partial charge in [-0.3, -0.25) is 0 Å². The Morgan fingerprint density at radius 2 is 1.50 bits per heavy atom. The van der Waals surface area contributed by atoms with Gasteiger partial charge in [-0.2, -0.15) is 0 Å². The molecule has 0 fully saturated rings. The third kappa shape index (κ3) is 1.95. The first-order valence-electron chi connectivity index (χ1n) is 3.33. The predicted octanol–water partition coefficient (Wildman–Crippen LogP) is 3.62. The highest BCUT2D eigenvalue weighted by Crippen LogP contribution is 2.41. The molecule has 0 saturated heterocycles. The van der Waals surface area contributed by atoms with Crippen molar-refractivity contribution in [3.8, 4) is 0 Å². The molecule has 0 aromatic carbocycles. The number of rotatable bonds is 2. The van der Waals surface area contributed by atoms with Crippen LogP contribution in [0.25, 0.3) is 0 Å². The molecule has 0 unspecified atom stereocenters. The Balaban J connectivity index is 4.65. The van der Waals surface area contributed by atoms with E-state index in [2.05, 4.69) is 67.1 Å². The highest BCUT2D eigenvalue weighted by molar-refractivity contribution is 14.1. The molecule has 0 rings (SSSR count). The molecule has 0 aromatic rings. The van der Waals surface area contributed by atoms with Gasteiger partial charge < -0.3 is 0 Å². The van der Waals surface area contributed by atoms with Crippen molar-refractivity contribution in [3.05, 3.63) is 24.6 Å². The first kappa shape index (κ1) is 10.4. The maximum Gasteiger partial charge on any atom is 0.176 e. The van der Waals surface area contributed by atoms with Crippen molar-refractivity contribution in [2.75, 3.05) is 0 Å². The minimum atomic E-state index is -1.40. The van der Waals surface area contributed by atoms with Crippen LogP contribution in [0.15, 0.2) is 24.6 Å². The van der Waals surface area contributed by atoms with Gasteiger partial charge in [-0.15, -0.1) is 35.0 Å². The van der Waals surface area contributed by atoms with Crippen LogP contribution in [0.1, 0.15) is 20.8 Å². The third-order valence-corrected chi connectivity index (χ3v) is 12.7. The van der Waals surface area contributed by atoms with Gasteiger partial charge in [0, 0.05) is 0 Å². The summed E-state index contributed by atoms with van der Waals surface area (Å²) in [5.41, 5.74) is 2.77. The maximum atomic E-state index is 3.85. The van der Waals surface area contributed by atoms with Gasteiger partial charge in [0.15, 0.2) is 5.57 Å².